The average molecular weight is 249 g/mol. The summed E-state index contributed by atoms with van der Waals surface area (Å²) in [5, 5.41) is 18.7. The number of hydrogen-bond donors (Lipinski definition) is 0. The molecular weight excluding hydrogens is 246 g/mol. The van der Waals surface area contributed by atoms with Gasteiger partial charge in [0.2, 0.25) is 0 Å². The molecule has 1 aromatic rings. The highest BCUT2D eigenvalue weighted by Gasteiger charge is 2.20. The Morgan fingerprint density at radius 3 is 2.62 bits per heavy atom. The summed E-state index contributed by atoms with van der Waals surface area (Å²) in [5.41, 5.74) is -0.956. The first-order valence-corrected chi connectivity index (χ1v) is 4.16. The lowest BCUT2D eigenvalue weighted by molar-refractivity contribution is -0.384. The van der Waals surface area contributed by atoms with Gasteiger partial charge in [0.15, 0.2) is 0 Å². The fourth-order valence-electron chi connectivity index (χ4n) is 0.968. The summed E-state index contributed by atoms with van der Waals surface area (Å²) in [6.07, 6.45) is 0. The zero-order valence-electron chi connectivity index (χ0n) is 7.49. The first-order valence-electron chi connectivity index (χ1n) is 3.78. The van der Waals surface area contributed by atoms with Crippen LogP contribution in [0.3, 0.4) is 0 Å². The molecule has 0 aromatic heterocycles. The molecule has 0 saturated heterocycles. The van der Waals surface area contributed by atoms with E-state index in [0.29, 0.717) is 0 Å². The van der Waals surface area contributed by atoms with Crippen LogP contribution in [0.5, 0.6) is 5.75 Å². The van der Waals surface area contributed by atoms with Crippen molar-refractivity contribution >= 4 is 17.3 Å². The molecule has 1 rings (SSSR count). The van der Waals surface area contributed by atoms with Crippen molar-refractivity contribution in [3.63, 3.8) is 0 Å². The van der Waals surface area contributed by atoms with Crippen molar-refractivity contribution in [3.8, 4) is 11.8 Å². The first-order chi connectivity index (χ1) is 7.45. The third-order valence-corrected chi connectivity index (χ3v) is 1.97. The second-order valence-electron chi connectivity index (χ2n) is 2.55. The molecule has 8 heteroatoms. The molecular formula is C8H3ClF2N2O3. The molecule has 0 aliphatic rings. The Kier molecular flexibility index (Phi) is 3.58. The Morgan fingerprint density at radius 1 is 1.56 bits per heavy atom. The van der Waals surface area contributed by atoms with Gasteiger partial charge in [0.1, 0.15) is 16.8 Å². The average Bonchev–Trinajstić information content (AvgIpc) is 2.19. The van der Waals surface area contributed by atoms with E-state index in [1.807, 2.05) is 0 Å². The lowest BCUT2D eigenvalue weighted by Crippen LogP contribution is -2.03. The number of rotatable bonds is 3. The predicted molar refractivity (Wildman–Crippen MR) is 49.5 cm³/mol. The topological polar surface area (TPSA) is 76.2 Å². The zero-order valence-corrected chi connectivity index (χ0v) is 8.24. The van der Waals surface area contributed by atoms with Gasteiger partial charge in [-0.15, -0.1) is 0 Å². The molecule has 0 radical (unpaired) electrons. The van der Waals surface area contributed by atoms with Crippen molar-refractivity contribution < 1.29 is 18.4 Å². The Bertz CT molecular complexity index is 473. The number of nitro benzene ring substituents is 1. The van der Waals surface area contributed by atoms with Crippen molar-refractivity contribution in [2.75, 3.05) is 0 Å². The van der Waals surface area contributed by atoms with Crippen LogP contribution < -0.4 is 4.74 Å². The molecule has 1 aromatic carbocycles. The molecule has 0 bridgehead atoms. The van der Waals surface area contributed by atoms with Crippen molar-refractivity contribution in [2.45, 2.75) is 6.61 Å². The Hall–Kier alpha value is -1.94. The SMILES string of the molecule is N#Cc1cc(OC(F)F)cc([N+](=O)[O-])c1Cl. The zero-order chi connectivity index (χ0) is 12.3. The van der Waals surface area contributed by atoms with Crippen molar-refractivity contribution in [2.24, 2.45) is 0 Å². The molecule has 0 heterocycles. The minimum absolute atomic E-state index is 0.300. The maximum absolute atomic E-state index is 11.9. The molecule has 0 fully saturated rings. The number of ether oxygens (including phenoxy) is 1. The number of benzene rings is 1. The highest BCUT2D eigenvalue weighted by molar-refractivity contribution is 6.33. The number of nitro groups is 1. The van der Waals surface area contributed by atoms with Gasteiger partial charge in [0.05, 0.1) is 16.6 Å². The third-order valence-electron chi connectivity index (χ3n) is 1.57. The van der Waals surface area contributed by atoms with Crippen LogP contribution in [0.15, 0.2) is 12.1 Å². The number of nitrogens with zero attached hydrogens (tertiary/aromatic N) is 2. The Labute approximate surface area is 93.0 Å². The normalized spacial score (nSPS) is 9.94. The highest BCUT2D eigenvalue weighted by Crippen LogP contribution is 2.32. The minimum atomic E-state index is -3.13. The summed E-state index contributed by atoms with van der Waals surface area (Å²) >= 11 is 5.51. The number of hydrogen-bond acceptors (Lipinski definition) is 4. The first kappa shape index (κ1) is 12.1. The van der Waals surface area contributed by atoms with Crippen molar-refractivity contribution in [3.05, 3.63) is 32.8 Å². The smallest absolute Gasteiger partial charge is 0.387 e. The van der Waals surface area contributed by atoms with Gasteiger partial charge < -0.3 is 4.74 Å². The van der Waals surface area contributed by atoms with E-state index >= 15 is 0 Å². The molecule has 84 valence electrons. The molecule has 16 heavy (non-hydrogen) atoms. The van der Waals surface area contributed by atoms with E-state index in [-0.39, 0.29) is 5.56 Å². The molecule has 0 unspecified atom stereocenters. The van der Waals surface area contributed by atoms with Crippen LogP contribution in [0.1, 0.15) is 5.56 Å². The second kappa shape index (κ2) is 4.72. The van der Waals surface area contributed by atoms with Crippen molar-refractivity contribution in [1.82, 2.24) is 0 Å². The lowest BCUT2D eigenvalue weighted by atomic mass is 10.2. The van der Waals surface area contributed by atoms with Gasteiger partial charge in [0.25, 0.3) is 5.69 Å². The second-order valence-corrected chi connectivity index (χ2v) is 2.93. The molecule has 0 saturated carbocycles. The summed E-state index contributed by atoms with van der Waals surface area (Å²) in [6.45, 7) is -3.13. The molecule has 0 amide bonds. The van der Waals surface area contributed by atoms with E-state index in [4.69, 9.17) is 16.9 Å². The van der Waals surface area contributed by atoms with Crippen LogP contribution in [0.2, 0.25) is 5.02 Å². The van der Waals surface area contributed by atoms with E-state index in [1.165, 1.54) is 0 Å². The van der Waals surface area contributed by atoms with E-state index in [1.54, 1.807) is 6.07 Å². The van der Waals surface area contributed by atoms with Gasteiger partial charge in [-0.05, 0) is 0 Å². The summed E-state index contributed by atoms with van der Waals surface area (Å²) in [7, 11) is 0. The fraction of sp³-hybridized carbons (Fsp3) is 0.125. The molecule has 0 atom stereocenters. The predicted octanol–water partition coefficient (Wildman–Crippen LogP) is 2.72. The van der Waals surface area contributed by atoms with Crippen molar-refractivity contribution in [1.29, 1.82) is 5.26 Å². The molecule has 0 spiro atoms. The molecule has 0 aliphatic heterocycles. The fourth-order valence-corrected chi connectivity index (χ4v) is 1.19. The summed E-state index contributed by atoms with van der Waals surface area (Å²) < 4.78 is 27.7. The monoisotopic (exact) mass is 248 g/mol. The highest BCUT2D eigenvalue weighted by atomic mass is 35.5. The molecule has 5 nitrogen and oxygen atoms in total. The third kappa shape index (κ3) is 2.55. The largest absolute Gasteiger partial charge is 0.435 e. The van der Waals surface area contributed by atoms with Gasteiger partial charge >= 0.3 is 6.61 Å². The van der Waals surface area contributed by atoms with Gasteiger partial charge in [-0.3, -0.25) is 10.1 Å². The van der Waals surface area contributed by atoms with E-state index in [2.05, 4.69) is 4.74 Å². The van der Waals surface area contributed by atoms with Crippen LogP contribution >= 0.6 is 11.6 Å². The Balaban J connectivity index is 3.30. The summed E-state index contributed by atoms with van der Waals surface area (Å²) in [6, 6.07) is 3.18. The van der Waals surface area contributed by atoms with Gasteiger partial charge in [-0.2, -0.15) is 14.0 Å². The van der Waals surface area contributed by atoms with Crippen LogP contribution in [0, 0.1) is 21.4 Å². The van der Waals surface area contributed by atoms with Crippen LogP contribution in [-0.2, 0) is 0 Å². The van der Waals surface area contributed by atoms with E-state index in [9.17, 15) is 18.9 Å². The molecule has 0 N–H and O–H groups in total. The van der Waals surface area contributed by atoms with E-state index in [0.717, 1.165) is 12.1 Å². The summed E-state index contributed by atoms with van der Waals surface area (Å²) in [5.74, 6) is -0.484. The van der Waals surface area contributed by atoms with Gasteiger partial charge in [0, 0.05) is 6.07 Å². The standard InChI is InChI=1S/C8H3ClF2N2O3/c9-7-4(3-12)1-5(16-8(10)11)2-6(7)13(14)15/h1-2,8H. The lowest BCUT2D eigenvalue weighted by Gasteiger charge is -2.05. The quantitative estimate of drug-likeness (QED) is 0.609. The maximum atomic E-state index is 11.9. The van der Waals surface area contributed by atoms with Gasteiger partial charge in [-0.25, -0.2) is 0 Å². The van der Waals surface area contributed by atoms with Crippen LogP contribution in [0.4, 0.5) is 14.5 Å². The van der Waals surface area contributed by atoms with Gasteiger partial charge in [-0.1, -0.05) is 11.6 Å². The van der Waals surface area contributed by atoms with Crippen LogP contribution in [-0.4, -0.2) is 11.5 Å². The number of nitriles is 1. The number of alkyl halides is 2. The Morgan fingerprint density at radius 2 is 2.19 bits per heavy atom. The summed E-state index contributed by atoms with van der Waals surface area (Å²) in [4.78, 5) is 9.61. The minimum Gasteiger partial charge on any atom is -0.435 e. The number of halogens is 3. The molecule has 0 aliphatic carbocycles. The maximum Gasteiger partial charge on any atom is 0.387 e. The van der Waals surface area contributed by atoms with E-state index < -0.39 is 28.0 Å². The van der Waals surface area contributed by atoms with Crippen LogP contribution in [0.25, 0.3) is 0 Å².